The van der Waals surface area contributed by atoms with Gasteiger partial charge in [0.15, 0.2) is 11.5 Å². The summed E-state index contributed by atoms with van der Waals surface area (Å²) in [5, 5.41) is 4.89. The van der Waals surface area contributed by atoms with Crippen LogP contribution in [0.3, 0.4) is 0 Å². The molecule has 134 valence electrons. The highest BCUT2D eigenvalue weighted by Gasteiger charge is 2.05. The number of nitrogens with zero attached hydrogens (tertiary/aromatic N) is 1. The molecule has 0 amide bonds. The molecule has 0 spiro atoms. The summed E-state index contributed by atoms with van der Waals surface area (Å²) < 4.78 is 11.2. The largest absolute Gasteiger partial charge is 0.493 e. The summed E-state index contributed by atoms with van der Waals surface area (Å²) >= 11 is 5.95. The van der Waals surface area contributed by atoms with Crippen LogP contribution in [-0.4, -0.2) is 19.9 Å². The summed E-state index contributed by atoms with van der Waals surface area (Å²) in [6.07, 6.45) is 6.45. The van der Waals surface area contributed by atoms with Gasteiger partial charge in [-0.15, -0.1) is 0 Å². The van der Waals surface area contributed by atoms with Gasteiger partial charge in [-0.3, -0.25) is 5.43 Å². The molecule has 25 heavy (non-hydrogen) atoms. The number of rotatable bonds is 10. The van der Waals surface area contributed by atoms with E-state index < -0.39 is 0 Å². The summed E-state index contributed by atoms with van der Waals surface area (Å²) in [7, 11) is 1.64. The molecule has 0 aromatic heterocycles. The van der Waals surface area contributed by atoms with Crippen LogP contribution in [0.2, 0.25) is 5.02 Å². The quantitative estimate of drug-likeness (QED) is 0.333. The molecule has 2 aromatic carbocycles. The molecule has 0 bridgehead atoms. The number of ether oxygens (including phenoxy) is 2. The Labute approximate surface area is 154 Å². The van der Waals surface area contributed by atoms with Crippen LogP contribution >= 0.6 is 11.6 Å². The maximum Gasteiger partial charge on any atom is 0.161 e. The van der Waals surface area contributed by atoms with Gasteiger partial charge >= 0.3 is 0 Å². The Morgan fingerprint density at radius 1 is 1.08 bits per heavy atom. The minimum absolute atomic E-state index is 0.669. The lowest BCUT2D eigenvalue weighted by atomic mass is 10.2. The molecule has 1 N–H and O–H groups in total. The molecule has 4 nitrogen and oxygen atoms in total. The van der Waals surface area contributed by atoms with Crippen LogP contribution in [0.4, 0.5) is 5.69 Å². The fourth-order valence-electron chi connectivity index (χ4n) is 2.33. The van der Waals surface area contributed by atoms with Crippen molar-refractivity contribution in [2.24, 2.45) is 5.10 Å². The van der Waals surface area contributed by atoms with Gasteiger partial charge in [-0.1, -0.05) is 43.9 Å². The summed E-state index contributed by atoms with van der Waals surface area (Å²) in [4.78, 5) is 0. The minimum Gasteiger partial charge on any atom is -0.493 e. The van der Waals surface area contributed by atoms with Crippen LogP contribution < -0.4 is 14.9 Å². The fourth-order valence-corrected chi connectivity index (χ4v) is 2.52. The molecule has 2 rings (SSSR count). The molecule has 0 aliphatic carbocycles. The fraction of sp³-hybridized carbons (Fsp3) is 0.350. The third-order valence-corrected chi connectivity index (χ3v) is 3.91. The first kappa shape index (κ1) is 19.1. The van der Waals surface area contributed by atoms with Crippen LogP contribution in [0.25, 0.3) is 0 Å². The van der Waals surface area contributed by atoms with Crippen molar-refractivity contribution in [2.75, 3.05) is 19.1 Å². The molecule has 0 heterocycles. The number of hydrogen-bond acceptors (Lipinski definition) is 4. The number of methoxy groups -OCH3 is 1. The molecular weight excluding hydrogens is 336 g/mol. The Kier molecular flexibility index (Phi) is 8.13. The summed E-state index contributed by atoms with van der Waals surface area (Å²) in [5.41, 5.74) is 4.71. The predicted octanol–water partition coefficient (Wildman–Crippen LogP) is 5.75. The first-order valence-corrected chi connectivity index (χ1v) is 8.96. The second-order valence-electron chi connectivity index (χ2n) is 5.70. The molecule has 0 atom stereocenters. The van der Waals surface area contributed by atoms with E-state index >= 15 is 0 Å². The van der Waals surface area contributed by atoms with Crippen molar-refractivity contribution in [1.29, 1.82) is 0 Å². The second kappa shape index (κ2) is 10.6. The van der Waals surface area contributed by atoms with E-state index in [-0.39, 0.29) is 0 Å². The average molecular weight is 361 g/mol. The maximum atomic E-state index is 5.95. The SMILES string of the molecule is CCCCCCOc1ccc(C=NNc2cccc(Cl)c2)cc1OC. The van der Waals surface area contributed by atoms with Crippen LogP contribution in [0.5, 0.6) is 11.5 Å². The van der Waals surface area contributed by atoms with Gasteiger partial charge in [0.2, 0.25) is 0 Å². The number of halogens is 1. The highest BCUT2D eigenvalue weighted by Crippen LogP contribution is 2.28. The Morgan fingerprint density at radius 3 is 2.72 bits per heavy atom. The Bertz CT molecular complexity index is 689. The van der Waals surface area contributed by atoms with Gasteiger partial charge in [-0.2, -0.15) is 5.10 Å². The van der Waals surface area contributed by atoms with E-state index in [2.05, 4.69) is 17.5 Å². The lowest BCUT2D eigenvalue weighted by Crippen LogP contribution is -2.00. The molecule has 2 aromatic rings. The van der Waals surface area contributed by atoms with Gasteiger partial charge in [-0.25, -0.2) is 0 Å². The van der Waals surface area contributed by atoms with Crippen molar-refractivity contribution in [3.8, 4) is 11.5 Å². The zero-order valence-corrected chi connectivity index (χ0v) is 15.6. The Balaban J connectivity index is 1.92. The van der Waals surface area contributed by atoms with E-state index in [1.807, 2.05) is 42.5 Å². The van der Waals surface area contributed by atoms with E-state index in [0.717, 1.165) is 23.4 Å². The first-order chi connectivity index (χ1) is 12.2. The van der Waals surface area contributed by atoms with Gasteiger partial charge in [0.1, 0.15) is 0 Å². The van der Waals surface area contributed by atoms with Crippen LogP contribution in [0, 0.1) is 0 Å². The molecule has 0 saturated heterocycles. The molecule has 0 aliphatic heterocycles. The number of nitrogens with one attached hydrogen (secondary N) is 1. The molecule has 0 aliphatic rings. The lowest BCUT2D eigenvalue weighted by Gasteiger charge is -2.11. The van der Waals surface area contributed by atoms with Gasteiger partial charge < -0.3 is 9.47 Å². The minimum atomic E-state index is 0.669. The monoisotopic (exact) mass is 360 g/mol. The van der Waals surface area contributed by atoms with E-state index in [9.17, 15) is 0 Å². The zero-order chi connectivity index (χ0) is 17.9. The van der Waals surface area contributed by atoms with Crippen molar-refractivity contribution in [3.05, 3.63) is 53.1 Å². The second-order valence-corrected chi connectivity index (χ2v) is 6.14. The normalized spacial score (nSPS) is 10.8. The van der Waals surface area contributed by atoms with Crippen molar-refractivity contribution in [1.82, 2.24) is 0 Å². The van der Waals surface area contributed by atoms with Crippen LogP contribution in [0.1, 0.15) is 38.2 Å². The molecule has 0 fully saturated rings. The predicted molar refractivity (Wildman–Crippen MR) is 105 cm³/mol. The molecule has 0 saturated carbocycles. The van der Waals surface area contributed by atoms with Crippen LogP contribution in [-0.2, 0) is 0 Å². The molecule has 5 heteroatoms. The number of hydrogen-bond donors (Lipinski definition) is 1. The smallest absolute Gasteiger partial charge is 0.161 e. The summed E-state index contributed by atoms with van der Waals surface area (Å²) in [6, 6.07) is 13.2. The van der Waals surface area contributed by atoms with Gasteiger partial charge in [0.25, 0.3) is 0 Å². The molecule has 0 unspecified atom stereocenters. The molecule has 0 radical (unpaired) electrons. The number of unbranched alkanes of at least 4 members (excludes halogenated alkanes) is 3. The van der Waals surface area contributed by atoms with Crippen molar-refractivity contribution in [3.63, 3.8) is 0 Å². The highest BCUT2D eigenvalue weighted by molar-refractivity contribution is 6.30. The summed E-state index contributed by atoms with van der Waals surface area (Å²) in [5.74, 6) is 1.47. The van der Waals surface area contributed by atoms with E-state index in [1.54, 1.807) is 13.3 Å². The van der Waals surface area contributed by atoms with Crippen molar-refractivity contribution in [2.45, 2.75) is 32.6 Å². The van der Waals surface area contributed by atoms with Gasteiger partial charge in [0.05, 0.1) is 25.6 Å². The third kappa shape index (κ3) is 6.67. The number of hydrazone groups is 1. The van der Waals surface area contributed by atoms with Gasteiger partial charge in [0, 0.05) is 5.02 Å². The summed E-state index contributed by atoms with van der Waals surface area (Å²) in [6.45, 7) is 2.91. The topological polar surface area (TPSA) is 42.8 Å². The van der Waals surface area contributed by atoms with E-state index in [0.29, 0.717) is 17.4 Å². The zero-order valence-electron chi connectivity index (χ0n) is 14.8. The first-order valence-electron chi connectivity index (χ1n) is 8.58. The van der Waals surface area contributed by atoms with Gasteiger partial charge in [-0.05, 0) is 48.4 Å². The van der Waals surface area contributed by atoms with E-state index in [1.165, 1.54) is 19.3 Å². The Hall–Kier alpha value is -2.20. The van der Waals surface area contributed by atoms with Crippen molar-refractivity contribution < 1.29 is 9.47 Å². The maximum absolute atomic E-state index is 5.95. The number of benzene rings is 2. The number of anilines is 1. The lowest BCUT2D eigenvalue weighted by molar-refractivity contribution is 0.285. The Morgan fingerprint density at radius 2 is 1.96 bits per heavy atom. The van der Waals surface area contributed by atoms with E-state index in [4.69, 9.17) is 21.1 Å². The van der Waals surface area contributed by atoms with Crippen molar-refractivity contribution >= 4 is 23.5 Å². The molecular formula is C20H25ClN2O2. The third-order valence-electron chi connectivity index (χ3n) is 3.68. The van der Waals surface area contributed by atoms with Crippen LogP contribution in [0.15, 0.2) is 47.6 Å². The standard InChI is InChI=1S/C20H25ClN2O2/c1-3-4-5-6-12-25-19-11-10-16(13-20(19)24-2)15-22-23-18-9-7-8-17(21)14-18/h7-11,13-15,23H,3-6,12H2,1-2H3. The highest BCUT2D eigenvalue weighted by atomic mass is 35.5. The average Bonchev–Trinajstić information content (AvgIpc) is 2.62.